The number of pyridine rings is 1. The molecule has 1 aromatic rings. The van der Waals surface area contributed by atoms with E-state index >= 15 is 0 Å². The summed E-state index contributed by atoms with van der Waals surface area (Å²) >= 11 is 0. The number of carbonyl (C=O) groups excluding carboxylic acids is 2. The second kappa shape index (κ2) is 4.58. The van der Waals surface area contributed by atoms with Gasteiger partial charge in [-0.2, -0.15) is 0 Å². The number of carbonyl (C=O) groups is 2. The van der Waals surface area contributed by atoms with E-state index in [2.05, 4.69) is 10.3 Å². The van der Waals surface area contributed by atoms with Gasteiger partial charge in [0, 0.05) is 5.69 Å². The maximum absolute atomic E-state index is 12.7. The van der Waals surface area contributed by atoms with Gasteiger partial charge in [-0.25, -0.2) is 0 Å². The lowest BCUT2D eigenvalue weighted by molar-refractivity contribution is -0.134. The van der Waals surface area contributed by atoms with Crippen LogP contribution < -0.4 is 10.2 Å². The first-order chi connectivity index (χ1) is 9.49. The van der Waals surface area contributed by atoms with E-state index in [-0.39, 0.29) is 17.9 Å². The number of nitrogens with one attached hydrogen (secondary N) is 1. The van der Waals surface area contributed by atoms with Crippen LogP contribution in [0.4, 0.5) is 5.69 Å². The normalized spacial score (nSPS) is 26.6. The van der Waals surface area contributed by atoms with Crippen LogP contribution in [-0.2, 0) is 9.59 Å². The second-order valence-electron chi connectivity index (χ2n) is 5.77. The molecule has 1 aliphatic carbocycles. The summed E-state index contributed by atoms with van der Waals surface area (Å²) in [7, 11) is 0. The Bertz CT molecular complexity index is 580. The van der Waals surface area contributed by atoms with Crippen molar-refractivity contribution < 1.29 is 9.59 Å². The van der Waals surface area contributed by atoms with Crippen LogP contribution in [0.25, 0.3) is 0 Å². The highest BCUT2D eigenvalue weighted by Gasteiger charge is 2.46. The minimum atomic E-state index is -0.485. The Kier molecular flexibility index (Phi) is 3.00. The Morgan fingerprint density at radius 1 is 1.25 bits per heavy atom. The molecule has 2 unspecified atom stereocenters. The molecular formula is C15H19N3O2. The van der Waals surface area contributed by atoms with E-state index in [0.717, 1.165) is 29.9 Å². The molecule has 3 rings (SSSR count). The van der Waals surface area contributed by atoms with Crippen molar-refractivity contribution in [1.82, 2.24) is 10.3 Å². The number of aryl methyl sites for hydroxylation is 2. The van der Waals surface area contributed by atoms with Gasteiger partial charge in [0.05, 0.1) is 11.4 Å². The lowest BCUT2D eigenvalue weighted by atomic mass is 10.0. The molecule has 1 N–H and O–H groups in total. The molecule has 5 nitrogen and oxygen atoms in total. The molecule has 2 fully saturated rings. The molecule has 1 saturated heterocycles. The van der Waals surface area contributed by atoms with Crippen LogP contribution in [0.1, 0.15) is 31.2 Å². The van der Waals surface area contributed by atoms with E-state index in [1.807, 2.05) is 26.0 Å². The molecule has 1 aliphatic heterocycles. The third-order valence-corrected chi connectivity index (χ3v) is 4.12. The summed E-state index contributed by atoms with van der Waals surface area (Å²) in [5.41, 5.74) is 2.44. The van der Waals surface area contributed by atoms with Gasteiger partial charge in [-0.3, -0.25) is 19.5 Å². The van der Waals surface area contributed by atoms with Crippen molar-refractivity contribution in [3.8, 4) is 0 Å². The van der Waals surface area contributed by atoms with Gasteiger partial charge in [0.25, 0.3) is 5.91 Å². The number of piperazine rings is 1. The molecule has 0 spiro atoms. The molecule has 2 heterocycles. The standard InChI is InChI=1S/C15H19N3O2/c1-8-4-7-12(9(2)16-8)18-10(3)14(19)17-13(15(18)20)11-5-6-11/h4,7,10-11,13H,5-6H2,1-3H3,(H,17,19). The molecular weight excluding hydrogens is 254 g/mol. The van der Waals surface area contributed by atoms with Crippen LogP contribution in [0, 0.1) is 19.8 Å². The van der Waals surface area contributed by atoms with Crippen molar-refractivity contribution >= 4 is 17.5 Å². The number of hydrogen-bond acceptors (Lipinski definition) is 3. The van der Waals surface area contributed by atoms with Crippen LogP contribution >= 0.6 is 0 Å². The van der Waals surface area contributed by atoms with Crippen LogP contribution in [0.2, 0.25) is 0 Å². The van der Waals surface area contributed by atoms with Crippen molar-refractivity contribution in [2.75, 3.05) is 4.90 Å². The fourth-order valence-corrected chi connectivity index (χ4v) is 2.80. The van der Waals surface area contributed by atoms with E-state index in [4.69, 9.17) is 0 Å². The van der Waals surface area contributed by atoms with Crippen LogP contribution in [0.5, 0.6) is 0 Å². The number of aromatic nitrogens is 1. The van der Waals surface area contributed by atoms with Crippen molar-refractivity contribution in [2.45, 2.75) is 45.7 Å². The Labute approximate surface area is 118 Å². The lowest BCUT2D eigenvalue weighted by Crippen LogP contribution is -2.63. The predicted molar refractivity (Wildman–Crippen MR) is 75.3 cm³/mol. The second-order valence-corrected chi connectivity index (χ2v) is 5.77. The molecule has 2 aliphatic rings. The van der Waals surface area contributed by atoms with Crippen LogP contribution in [0.3, 0.4) is 0 Å². The van der Waals surface area contributed by atoms with Crippen molar-refractivity contribution in [3.05, 3.63) is 23.5 Å². The first-order valence-corrected chi connectivity index (χ1v) is 7.06. The lowest BCUT2D eigenvalue weighted by Gasteiger charge is -2.38. The Balaban J connectivity index is 1.99. The van der Waals surface area contributed by atoms with Gasteiger partial charge >= 0.3 is 0 Å². The average Bonchev–Trinajstić information content (AvgIpc) is 3.21. The third kappa shape index (κ3) is 2.07. The number of nitrogens with zero attached hydrogens (tertiary/aromatic N) is 2. The van der Waals surface area contributed by atoms with Crippen molar-refractivity contribution in [3.63, 3.8) is 0 Å². The Hall–Kier alpha value is -1.91. The molecule has 1 aromatic heterocycles. The van der Waals surface area contributed by atoms with Gasteiger partial charge < -0.3 is 5.32 Å². The smallest absolute Gasteiger partial charge is 0.250 e. The monoisotopic (exact) mass is 273 g/mol. The summed E-state index contributed by atoms with van der Waals surface area (Å²) in [6, 6.07) is 2.91. The van der Waals surface area contributed by atoms with E-state index in [0.29, 0.717) is 5.92 Å². The van der Waals surface area contributed by atoms with Gasteiger partial charge in [0.2, 0.25) is 5.91 Å². The molecule has 20 heavy (non-hydrogen) atoms. The van der Waals surface area contributed by atoms with Gasteiger partial charge in [-0.15, -0.1) is 0 Å². The Morgan fingerprint density at radius 2 is 1.95 bits per heavy atom. The van der Waals surface area contributed by atoms with Crippen LogP contribution in [0.15, 0.2) is 12.1 Å². The average molecular weight is 273 g/mol. The van der Waals surface area contributed by atoms with Crippen molar-refractivity contribution in [2.24, 2.45) is 5.92 Å². The first-order valence-electron chi connectivity index (χ1n) is 7.06. The Morgan fingerprint density at radius 3 is 2.55 bits per heavy atom. The van der Waals surface area contributed by atoms with Crippen molar-refractivity contribution in [1.29, 1.82) is 0 Å². The van der Waals surface area contributed by atoms with E-state index in [1.54, 1.807) is 11.8 Å². The SMILES string of the molecule is Cc1ccc(N2C(=O)C(C3CC3)NC(=O)C2C)c(C)n1. The molecule has 0 aromatic carbocycles. The fourth-order valence-electron chi connectivity index (χ4n) is 2.80. The van der Waals surface area contributed by atoms with E-state index in [1.165, 1.54) is 0 Å². The summed E-state index contributed by atoms with van der Waals surface area (Å²) in [5.74, 6) is 0.218. The topological polar surface area (TPSA) is 62.3 Å². The maximum atomic E-state index is 12.7. The van der Waals surface area contributed by atoms with Gasteiger partial charge in [0.15, 0.2) is 0 Å². The largest absolute Gasteiger partial charge is 0.342 e. The minimum Gasteiger partial charge on any atom is -0.342 e. The summed E-state index contributed by atoms with van der Waals surface area (Å²) < 4.78 is 0. The highest BCUT2D eigenvalue weighted by Crippen LogP contribution is 2.36. The summed E-state index contributed by atoms with van der Waals surface area (Å²) in [6.07, 6.45) is 2.04. The maximum Gasteiger partial charge on any atom is 0.250 e. The first kappa shape index (κ1) is 13.1. The minimum absolute atomic E-state index is 0.00615. The molecule has 1 saturated carbocycles. The zero-order chi connectivity index (χ0) is 14.4. The molecule has 2 amide bonds. The number of amides is 2. The number of anilines is 1. The zero-order valence-electron chi connectivity index (χ0n) is 12.0. The highest BCUT2D eigenvalue weighted by atomic mass is 16.2. The number of rotatable bonds is 2. The van der Waals surface area contributed by atoms with E-state index < -0.39 is 6.04 Å². The molecule has 0 bridgehead atoms. The molecule has 0 radical (unpaired) electrons. The molecule has 2 atom stereocenters. The summed E-state index contributed by atoms with van der Waals surface area (Å²) in [6.45, 7) is 5.55. The molecule has 5 heteroatoms. The summed E-state index contributed by atoms with van der Waals surface area (Å²) in [5, 5.41) is 2.86. The quantitative estimate of drug-likeness (QED) is 0.884. The summed E-state index contributed by atoms with van der Waals surface area (Å²) in [4.78, 5) is 30.8. The van der Waals surface area contributed by atoms with E-state index in [9.17, 15) is 9.59 Å². The van der Waals surface area contributed by atoms with Crippen LogP contribution in [-0.4, -0.2) is 28.9 Å². The zero-order valence-corrected chi connectivity index (χ0v) is 12.0. The number of hydrogen-bond donors (Lipinski definition) is 1. The third-order valence-electron chi connectivity index (χ3n) is 4.12. The molecule has 106 valence electrons. The van der Waals surface area contributed by atoms with Gasteiger partial charge in [0.1, 0.15) is 12.1 Å². The van der Waals surface area contributed by atoms with Gasteiger partial charge in [-0.1, -0.05) is 0 Å². The fraction of sp³-hybridized carbons (Fsp3) is 0.533. The van der Waals surface area contributed by atoms with Gasteiger partial charge in [-0.05, 0) is 51.7 Å². The predicted octanol–water partition coefficient (Wildman–Crippen LogP) is 1.33. The highest BCUT2D eigenvalue weighted by molar-refractivity contribution is 6.08.